The first-order chi connectivity index (χ1) is 8.45. The van der Waals surface area contributed by atoms with E-state index in [2.05, 4.69) is 11.2 Å². The third-order valence-electron chi connectivity index (χ3n) is 2.99. The lowest BCUT2D eigenvalue weighted by Gasteiger charge is -2.24. The summed E-state index contributed by atoms with van der Waals surface area (Å²) in [5.74, 6) is 0.0732. The molecule has 0 unspecified atom stereocenters. The van der Waals surface area contributed by atoms with Gasteiger partial charge in [0.25, 0.3) is 0 Å². The van der Waals surface area contributed by atoms with Gasteiger partial charge < -0.3 is 5.73 Å². The smallest absolute Gasteiger partial charge is 0.248 e. The van der Waals surface area contributed by atoms with Crippen molar-refractivity contribution in [3.63, 3.8) is 0 Å². The van der Waals surface area contributed by atoms with Crippen molar-refractivity contribution < 1.29 is 8.42 Å². The minimum atomic E-state index is -3.53. The monoisotopic (exact) mass is 270 g/mol. The molecule has 0 aromatic carbocycles. The van der Waals surface area contributed by atoms with Crippen LogP contribution in [0.3, 0.4) is 0 Å². The first kappa shape index (κ1) is 13.1. The molecular weight excluding hydrogens is 252 g/mol. The maximum Gasteiger partial charge on any atom is 0.248 e. The van der Waals surface area contributed by atoms with Gasteiger partial charge in [-0.25, -0.2) is 8.42 Å². The zero-order chi connectivity index (χ0) is 13.3. The molecular formula is C11H18N4O2S. The zero-order valence-corrected chi connectivity index (χ0v) is 11.4. The first-order valence-corrected chi connectivity index (χ1v) is 7.38. The highest BCUT2D eigenvalue weighted by Gasteiger charge is 2.29. The van der Waals surface area contributed by atoms with Crippen LogP contribution < -0.4 is 5.73 Å². The van der Waals surface area contributed by atoms with Gasteiger partial charge in [0.15, 0.2) is 5.82 Å². The topological polar surface area (TPSA) is 81.2 Å². The maximum atomic E-state index is 12.4. The van der Waals surface area contributed by atoms with Crippen molar-refractivity contribution in [3.05, 3.63) is 17.8 Å². The molecule has 2 heterocycles. The Morgan fingerprint density at radius 3 is 2.78 bits per heavy atom. The molecule has 6 nitrogen and oxygen atoms in total. The highest BCUT2D eigenvalue weighted by Crippen LogP contribution is 2.24. The summed E-state index contributed by atoms with van der Waals surface area (Å²) in [5, 5.41) is 3.98. The molecule has 7 heteroatoms. The van der Waals surface area contributed by atoms with Crippen molar-refractivity contribution in [2.24, 2.45) is 0 Å². The number of rotatable bonds is 3. The number of nitrogens with zero attached hydrogens (tertiary/aromatic N) is 3. The molecule has 0 aliphatic carbocycles. The second-order valence-electron chi connectivity index (χ2n) is 4.41. The van der Waals surface area contributed by atoms with Crippen LogP contribution in [-0.2, 0) is 16.6 Å². The molecule has 0 fully saturated rings. The van der Waals surface area contributed by atoms with E-state index < -0.39 is 10.0 Å². The molecule has 0 spiro atoms. The van der Waals surface area contributed by atoms with E-state index in [0.29, 0.717) is 19.6 Å². The fourth-order valence-electron chi connectivity index (χ4n) is 2.00. The molecule has 0 amide bonds. The van der Waals surface area contributed by atoms with Crippen LogP contribution in [0, 0.1) is 0 Å². The van der Waals surface area contributed by atoms with Crippen molar-refractivity contribution in [3.8, 4) is 0 Å². The summed E-state index contributed by atoms with van der Waals surface area (Å²) >= 11 is 0. The van der Waals surface area contributed by atoms with Crippen molar-refractivity contribution in [1.29, 1.82) is 0 Å². The fourth-order valence-corrected chi connectivity index (χ4v) is 3.56. The number of hydrogen-bond donors (Lipinski definition) is 1. The number of nitrogen functional groups attached to an aromatic ring is 1. The molecule has 0 radical (unpaired) electrons. The van der Waals surface area contributed by atoms with Crippen LogP contribution in [0.1, 0.15) is 20.3 Å². The van der Waals surface area contributed by atoms with Gasteiger partial charge in [-0.2, -0.15) is 9.40 Å². The third kappa shape index (κ3) is 2.28. The van der Waals surface area contributed by atoms with Crippen LogP contribution in [-0.4, -0.2) is 35.6 Å². The highest BCUT2D eigenvalue weighted by atomic mass is 32.2. The number of anilines is 1. The lowest BCUT2D eigenvalue weighted by molar-refractivity contribution is 0.428. The Bertz CT molecular complexity index is 574. The highest BCUT2D eigenvalue weighted by molar-refractivity contribution is 7.89. The van der Waals surface area contributed by atoms with Gasteiger partial charge in [-0.1, -0.05) is 11.6 Å². The lowest BCUT2D eigenvalue weighted by Crippen LogP contribution is -2.35. The van der Waals surface area contributed by atoms with E-state index in [4.69, 9.17) is 5.73 Å². The Morgan fingerprint density at radius 2 is 2.22 bits per heavy atom. The average Bonchev–Trinajstić information content (AvgIpc) is 2.71. The van der Waals surface area contributed by atoms with Gasteiger partial charge in [-0.05, 0) is 20.3 Å². The van der Waals surface area contributed by atoms with E-state index in [1.165, 1.54) is 15.2 Å². The van der Waals surface area contributed by atoms with Gasteiger partial charge in [0, 0.05) is 25.8 Å². The molecule has 1 aliphatic rings. The minimum Gasteiger partial charge on any atom is -0.381 e. The molecule has 1 aromatic rings. The van der Waals surface area contributed by atoms with Crippen molar-refractivity contribution in [1.82, 2.24) is 14.1 Å². The molecule has 2 rings (SSSR count). The molecule has 1 aliphatic heterocycles. The van der Waals surface area contributed by atoms with Crippen LogP contribution in [0.15, 0.2) is 22.7 Å². The summed E-state index contributed by atoms with van der Waals surface area (Å²) in [4.78, 5) is 0.110. The van der Waals surface area contributed by atoms with Crippen molar-refractivity contribution in [2.45, 2.75) is 31.7 Å². The Hall–Kier alpha value is -1.34. The van der Waals surface area contributed by atoms with Crippen LogP contribution in [0.5, 0.6) is 0 Å². The van der Waals surface area contributed by atoms with E-state index in [1.807, 2.05) is 13.8 Å². The zero-order valence-electron chi connectivity index (χ0n) is 10.6. The Balaban J connectivity index is 2.36. The average molecular weight is 270 g/mol. The van der Waals surface area contributed by atoms with Gasteiger partial charge in [0.2, 0.25) is 10.0 Å². The standard InChI is InChI=1S/C11H18N4O2S/c1-3-14-8-10(11(12)13-14)18(16,17)15-6-4-5-9(2)7-15/h5,8H,3-4,6-7H2,1-2H3,(H2,12,13). The Kier molecular flexibility index (Phi) is 3.45. The number of aromatic nitrogens is 2. The van der Waals surface area contributed by atoms with Crippen LogP contribution >= 0.6 is 0 Å². The van der Waals surface area contributed by atoms with E-state index in [9.17, 15) is 8.42 Å². The Labute approximate surface area is 107 Å². The van der Waals surface area contributed by atoms with Crippen LogP contribution in [0.2, 0.25) is 0 Å². The molecule has 0 bridgehead atoms. The minimum absolute atomic E-state index is 0.0732. The second kappa shape index (κ2) is 4.74. The van der Waals surface area contributed by atoms with E-state index in [0.717, 1.165) is 12.0 Å². The summed E-state index contributed by atoms with van der Waals surface area (Å²) in [7, 11) is -3.53. The summed E-state index contributed by atoms with van der Waals surface area (Å²) in [6.45, 7) is 5.34. The van der Waals surface area contributed by atoms with E-state index in [1.54, 1.807) is 0 Å². The van der Waals surface area contributed by atoms with Crippen molar-refractivity contribution in [2.75, 3.05) is 18.8 Å². The van der Waals surface area contributed by atoms with Crippen LogP contribution in [0.4, 0.5) is 5.82 Å². The van der Waals surface area contributed by atoms with Gasteiger partial charge >= 0.3 is 0 Å². The Morgan fingerprint density at radius 1 is 1.50 bits per heavy atom. The van der Waals surface area contributed by atoms with Gasteiger partial charge in [-0.3, -0.25) is 4.68 Å². The number of nitrogens with two attached hydrogens (primary N) is 1. The predicted molar refractivity (Wildman–Crippen MR) is 69.4 cm³/mol. The molecule has 0 saturated carbocycles. The first-order valence-electron chi connectivity index (χ1n) is 5.94. The number of sulfonamides is 1. The number of aryl methyl sites for hydroxylation is 1. The molecule has 0 atom stereocenters. The summed E-state index contributed by atoms with van der Waals surface area (Å²) in [6, 6.07) is 0. The molecule has 18 heavy (non-hydrogen) atoms. The quantitative estimate of drug-likeness (QED) is 0.825. The molecule has 2 N–H and O–H groups in total. The fraction of sp³-hybridized carbons (Fsp3) is 0.545. The predicted octanol–water partition coefficient (Wildman–Crippen LogP) is 0.826. The van der Waals surface area contributed by atoms with E-state index >= 15 is 0 Å². The van der Waals surface area contributed by atoms with Crippen LogP contribution in [0.25, 0.3) is 0 Å². The molecule has 1 aromatic heterocycles. The normalized spacial score (nSPS) is 17.8. The molecule has 0 saturated heterocycles. The summed E-state index contributed by atoms with van der Waals surface area (Å²) in [5.41, 5.74) is 6.75. The van der Waals surface area contributed by atoms with Gasteiger partial charge in [0.1, 0.15) is 4.90 Å². The summed E-state index contributed by atoms with van der Waals surface area (Å²) in [6.07, 6.45) is 4.30. The second-order valence-corrected chi connectivity index (χ2v) is 6.32. The van der Waals surface area contributed by atoms with Gasteiger partial charge in [-0.15, -0.1) is 0 Å². The SMILES string of the molecule is CCn1cc(S(=O)(=O)N2CCC=C(C)C2)c(N)n1. The third-order valence-corrected chi connectivity index (χ3v) is 4.86. The molecule has 100 valence electrons. The van der Waals surface area contributed by atoms with E-state index in [-0.39, 0.29) is 10.7 Å². The largest absolute Gasteiger partial charge is 0.381 e. The maximum absolute atomic E-state index is 12.4. The summed E-state index contributed by atoms with van der Waals surface area (Å²) < 4.78 is 27.9. The number of hydrogen-bond acceptors (Lipinski definition) is 4. The van der Waals surface area contributed by atoms with Crippen molar-refractivity contribution >= 4 is 15.8 Å². The lowest BCUT2D eigenvalue weighted by atomic mass is 10.2. The van der Waals surface area contributed by atoms with Gasteiger partial charge in [0.05, 0.1) is 0 Å².